The van der Waals surface area contributed by atoms with Crippen molar-refractivity contribution in [1.82, 2.24) is 0 Å². The number of benzene rings is 2. The monoisotopic (exact) mass is 332 g/mol. The Morgan fingerprint density at radius 1 is 1.08 bits per heavy atom. The minimum atomic E-state index is -0.560. The van der Waals surface area contributed by atoms with Gasteiger partial charge in [-0.1, -0.05) is 54.6 Å². The summed E-state index contributed by atoms with van der Waals surface area (Å²) in [6.07, 6.45) is 4.11. The van der Waals surface area contributed by atoms with Gasteiger partial charge in [0, 0.05) is 5.71 Å². The number of aryl methyl sites for hydroxylation is 2. The maximum Gasteiger partial charge on any atom is 0.0665 e. The maximum atomic E-state index is 6.50. The first-order valence-corrected chi connectivity index (χ1v) is 8.57. The van der Waals surface area contributed by atoms with Crippen LogP contribution < -0.4 is 5.73 Å². The fraction of sp³-hybridized carbons (Fsp3) is 0.261. The lowest BCUT2D eigenvalue weighted by Crippen LogP contribution is -2.34. The fourth-order valence-electron chi connectivity index (χ4n) is 2.76. The number of nitrogens with two attached hydrogens (primary N) is 1. The predicted molar refractivity (Wildman–Crippen MR) is 111 cm³/mol. The van der Waals surface area contributed by atoms with Gasteiger partial charge in [-0.25, -0.2) is 0 Å². The maximum absolute atomic E-state index is 6.50. The van der Waals surface area contributed by atoms with Crippen LogP contribution in [-0.2, 0) is 5.54 Å². The van der Waals surface area contributed by atoms with Gasteiger partial charge in [0.25, 0.3) is 0 Å². The van der Waals surface area contributed by atoms with Crippen molar-refractivity contribution in [1.29, 1.82) is 0 Å². The first-order chi connectivity index (χ1) is 11.7. The zero-order chi connectivity index (χ0) is 18.6. The van der Waals surface area contributed by atoms with Crippen molar-refractivity contribution in [2.45, 2.75) is 40.2 Å². The zero-order valence-electron chi connectivity index (χ0n) is 15.9. The van der Waals surface area contributed by atoms with Gasteiger partial charge < -0.3 is 5.73 Å². The summed E-state index contributed by atoms with van der Waals surface area (Å²) in [5.41, 5.74) is 13.3. The van der Waals surface area contributed by atoms with Crippen molar-refractivity contribution < 1.29 is 0 Å². The third-order valence-corrected chi connectivity index (χ3v) is 4.60. The van der Waals surface area contributed by atoms with Crippen molar-refractivity contribution in [2.24, 2.45) is 10.7 Å². The summed E-state index contributed by atoms with van der Waals surface area (Å²) >= 11 is 0. The molecule has 0 saturated carbocycles. The average molecular weight is 332 g/mol. The molecular formula is C23H28N2. The molecule has 2 heteroatoms. The Hall–Kier alpha value is -2.45. The number of hydrogen-bond acceptors (Lipinski definition) is 2. The Balaban J connectivity index is 2.39. The summed E-state index contributed by atoms with van der Waals surface area (Å²) in [6.45, 7) is 14.2. The van der Waals surface area contributed by atoms with E-state index >= 15 is 0 Å². The van der Waals surface area contributed by atoms with Gasteiger partial charge in [-0.3, -0.25) is 4.99 Å². The SMILES string of the molecule is C=C(C)C(C)(N)c1cc(N=C(C)/C=C/c2ccccc2)c(C)cc1C. The number of aliphatic imine (C=N–C) groups is 1. The second-order valence-corrected chi connectivity index (χ2v) is 6.93. The molecule has 2 aromatic rings. The van der Waals surface area contributed by atoms with Crippen LogP contribution in [0.1, 0.15) is 43.0 Å². The molecule has 0 spiro atoms. The van der Waals surface area contributed by atoms with Crippen molar-refractivity contribution in [3.8, 4) is 0 Å². The lowest BCUT2D eigenvalue weighted by molar-refractivity contribution is 0.585. The van der Waals surface area contributed by atoms with E-state index in [0.29, 0.717) is 0 Å². The van der Waals surface area contributed by atoms with Crippen LogP contribution in [-0.4, -0.2) is 5.71 Å². The molecule has 130 valence electrons. The summed E-state index contributed by atoms with van der Waals surface area (Å²) in [6, 6.07) is 14.5. The molecule has 0 heterocycles. The molecule has 0 saturated heterocycles. The molecule has 2 N–H and O–H groups in total. The van der Waals surface area contributed by atoms with Crippen LogP contribution in [0.25, 0.3) is 6.08 Å². The van der Waals surface area contributed by atoms with Crippen LogP contribution in [0.3, 0.4) is 0 Å². The summed E-state index contributed by atoms with van der Waals surface area (Å²) in [5.74, 6) is 0. The molecule has 0 aliphatic rings. The highest BCUT2D eigenvalue weighted by atomic mass is 14.8. The molecule has 0 aromatic heterocycles. The van der Waals surface area contributed by atoms with Crippen molar-refractivity contribution in [3.05, 3.63) is 82.9 Å². The minimum Gasteiger partial charge on any atom is -0.318 e. The van der Waals surface area contributed by atoms with Crippen molar-refractivity contribution in [3.63, 3.8) is 0 Å². The lowest BCUT2D eigenvalue weighted by atomic mass is 9.83. The molecular weight excluding hydrogens is 304 g/mol. The Kier molecular flexibility index (Phi) is 5.76. The fourth-order valence-corrected chi connectivity index (χ4v) is 2.76. The quantitative estimate of drug-likeness (QED) is 0.540. The van der Waals surface area contributed by atoms with E-state index in [2.05, 4.69) is 50.8 Å². The molecule has 0 bridgehead atoms. The molecule has 0 aliphatic carbocycles. The largest absolute Gasteiger partial charge is 0.318 e. The van der Waals surface area contributed by atoms with E-state index in [4.69, 9.17) is 10.7 Å². The molecule has 1 unspecified atom stereocenters. The number of nitrogens with zero attached hydrogens (tertiary/aromatic N) is 1. The summed E-state index contributed by atoms with van der Waals surface area (Å²) < 4.78 is 0. The van der Waals surface area contributed by atoms with Gasteiger partial charge in [-0.15, -0.1) is 0 Å². The van der Waals surface area contributed by atoms with Crippen LogP contribution in [0.15, 0.2) is 65.7 Å². The molecule has 2 nitrogen and oxygen atoms in total. The summed E-state index contributed by atoms with van der Waals surface area (Å²) in [5, 5.41) is 0. The minimum absolute atomic E-state index is 0.560. The Morgan fingerprint density at radius 2 is 1.72 bits per heavy atom. The van der Waals surface area contributed by atoms with E-state index in [1.807, 2.05) is 45.0 Å². The third kappa shape index (κ3) is 4.55. The van der Waals surface area contributed by atoms with Crippen LogP contribution in [0.2, 0.25) is 0 Å². The molecule has 1 atom stereocenters. The van der Waals surface area contributed by atoms with Gasteiger partial charge in [0.15, 0.2) is 0 Å². The second-order valence-electron chi connectivity index (χ2n) is 6.93. The molecule has 2 aromatic carbocycles. The smallest absolute Gasteiger partial charge is 0.0665 e. The highest BCUT2D eigenvalue weighted by molar-refractivity contribution is 5.98. The number of allylic oxidation sites excluding steroid dienone is 1. The molecule has 0 fully saturated rings. The lowest BCUT2D eigenvalue weighted by Gasteiger charge is -2.28. The van der Waals surface area contributed by atoms with Crippen LogP contribution in [0.4, 0.5) is 5.69 Å². The van der Waals surface area contributed by atoms with Gasteiger partial charge >= 0.3 is 0 Å². The van der Waals surface area contributed by atoms with Gasteiger partial charge in [-0.2, -0.15) is 0 Å². The Morgan fingerprint density at radius 3 is 2.32 bits per heavy atom. The average Bonchev–Trinajstić information content (AvgIpc) is 2.56. The normalized spacial score (nSPS) is 14.6. The van der Waals surface area contributed by atoms with Crippen molar-refractivity contribution >= 4 is 17.5 Å². The van der Waals surface area contributed by atoms with E-state index in [-0.39, 0.29) is 0 Å². The topological polar surface area (TPSA) is 38.4 Å². The molecule has 0 radical (unpaired) electrons. The van der Waals surface area contributed by atoms with E-state index in [1.54, 1.807) is 0 Å². The summed E-state index contributed by atoms with van der Waals surface area (Å²) in [4.78, 5) is 4.79. The first kappa shape index (κ1) is 18.9. The molecule has 0 aliphatic heterocycles. The van der Waals surface area contributed by atoms with E-state index in [1.165, 1.54) is 5.56 Å². The van der Waals surface area contributed by atoms with E-state index in [9.17, 15) is 0 Å². The highest BCUT2D eigenvalue weighted by Gasteiger charge is 2.24. The van der Waals surface area contributed by atoms with Gasteiger partial charge in [0.05, 0.1) is 11.2 Å². The number of rotatable bonds is 5. The van der Waals surface area contributed by atoms with E-state index < -0.39 is 5.54 Å². The first-order valence-electron chi connectivity index (χ1n) is 8.57. The van der Waals surface area contributed by atoms with Crippen molar-refractivity contribution in [2.75, 3.05) is 0 Å². The van der Waals surface area contributed by atoms with E-state index in [0.717, 1.165) is 33.7 Å². The number of hydrogen-bond donors (Lipinski definition) is 1. The predicted octanol–water partition coefficient (Wildman–Crippen LogP) is 5.86. The third-order valence-electron chi connectivity index (χ3n) is 4.60. The van der Waals surface area contributed by atoms with Crippen LogP contribution in [0, 0.1) is 13.8 Å². The summed E-state index contributed by atoms with van der Waals surface area (Å²) in [7, 11) is 0. The Labute approximate surface area is 151 Å². The molecule has 0 amide bonds. The molecule has 25 heavy (non-hydrogen) atoms. The Bertz CT molecular complexity index is 825. The molecule has 2 rings (SSSR count). The second kappa shape index (κ2) is 7.62. The van der Waals surface area contributed by atoms with Gasteiger partial charge in [0.2, 0.25) is 0 Å². The van der Waals surface area contributed by atoms with Crippen LogP contribution in [0.5, 0.6) is 0 Å². The highest BCUT2D eigenvalue weighted by Crippen LogP contribution is 2.33. The standard InChI is InChI=1S/C23H28N2/c1-16(2)23(6,24)21-15-22(18(4)14-17(21)3)25-19(5)12-13-20-10-8-7-9-11-20/h7-15H,1,24H2,2-6H3/b13-12+,25-19?. The zero-order valence-corrected chi connectivity index (χ0v) is 15.9. The van der Waals surface area contributed by atoms with Gasteiger partial charge in [-0.05, 0) is 69.0 Å². The van der Waals surface area contributed by atoms with Gasteiger partial charge in [0.1, 0.15) is 0 Å². The van der Waals surface area contributed by atoms with Crippen LogP contribution >= 0.6 is 0 Å².